The number of unbranched alkanes of at least 4 members (excludes halogenated alkanes) is 1. The Bertz CT molecular complexity index is 576. The zero-order chi connectivity index (χ0) is 14.5. The molecule has 0 amide bonds. The fourth-order valence-electron chi connectivity index (χ4n) is 1.94. The fourth-order valence-corrected chi connectivity index (χ4v) is 1.94. The Balaban J connectivity index is 2.18. The van der Waals surface area contributed by atoms with Crippen molar-refractivity contribution in [2.75, 3.05) is 11.1 Å². The molecule has 7 heteroatoms. The number of nitrogen functional groups attached to an aromatic ring is 1. The molecule has 2 aromatic rings. The largest absolute Gasteiger partial charge is 0.373 e. The molecule has 0 bridgehead atoms. The van der Waals surface area contributed by atoms with Crippen LogP contribution in [0.2, 0.25) is 0 Å². The first-order valence-electron chi connectivity index (χ1n) is 6.79. The van der Waals surface area contributed by atoms with E-state index in [1.807, 2.05) is 6.92 Å². The predicted molar refractivity (Wildman–Crippen MR) is 77.9 cm³/mol. The van der Waals surface area contributed by atoms with Crippen LogP contribution in [0.1, 0.15) is 33.1 Å². The molecular formula is C13H20N6O. The molecule has 108 valence electrons. The van der Waals surface area contributed by atoms with Crippen molar-refractivity contribution >= 4 is 22.8 Å². The van der Waals surface area contributed by atoms with E-state index in [9.17, 15) is 5.11 Å². The van der Waals surface area contributed by atoms with Crippen LogP contribution in [0, 0.1) is 5.92 Å². The van der Waals surface area contributed by atoms with Crippen molar-refractivity contribution in [3.8, 4) is 0 Å². The summed E-state index contributed by atoms with van der Waals surface area (Å²) in [6.45, 7) is 4.13. The Morgan fingerprint density at radius 3 is 2.90 bits per heavy atom. The minimum atomic E-state index is -0.684. The Morgan fingerprint density at radius 1 is 1.35 bits per heavy atom. The highest BCUT2D eigenvalue weighted by Gasteiger charge is 2.16. The van der Waals surface area contributed by atoms with E-state index in [1.165, 1.54) is 12.5 Å². The Kier molecular flexibility index (Phi) is 4.62. The van der Waals surface area contributed by atoms with Gasteiger partial charge in [-0.25, -0.2) is 19.9 Å². The zero-order valence-electron chi connectivity index (χ0n) is 11.7. The molecule has 2 atom stereocenters. The lowest BCUT2D eigenvalue weighted by Crippen LogP contribution is -2.27. The quantitative estimate of drug-likeness (QED) is 0.687. The average molecular weight is 276 g/mol. The summed E-state index contributed by atoms with van der Waals surface area (Å²) < 4.78 is 0. The number of aliphatic hydroxyl groups is 1. The van der Waals surface area contributed by atoms with Gasteiger partial charge in [0.05, 0.1) is 6.20 Å². The highest BCUT2D eigenvalue weighted by molar-refractivity contribution is 5.84. The van der Waals surface area contributed by atoms with Crippen molar-refractivity contribution in [1.29, 1.82) is 0 Å². The van der Waals surface area contributed by atoms with E-state index in [-0.39, 0.29) is 11.9 Å². The molecule has 0 aliphatic carbocycles. The van der Waals surface area contributed by atoms with E-state index in [4.69, 9.17) is 5.73 Å². The van der Waals surface area contributed by atoms with Crippen LogP contribution in [-0.2, 0) is 0 Å². The molecule has 2 heterocycles. The van der Waals surface area contributed by atoms with Gasteiger partial charge >= 0.3 is 0 Å². The number of aliphatic hydroxyl groups excluding tert-OH is 1. The van der Waals surface area contributed by atoms with E-state index in [0.717, 1.165) is 19.3 Å². The molecule has 20 heavy (non-hydrogen) atoms. The summed E-state index contributed by atoms with van der Waals surface area (Å²) in [6.07, 6.45) is 5.41. The van der Waals surface area contributed by atoms with Gasteiger partial charge in [0.1, 0.15) is 23.6 Å². The molecule has 2 aromatic heterocycles. The summed E-state index contributed by atoms with van der Waals surface area (Å²) in [5.74, 6) is 0.753. The molecule has 4 N–H and O–H groups in total. The molecule has 7 nitrogen and oxygen atoms in total. The number of nitrogens with zero attached hydrogens (tertiary/aromatic N) is 4. The average Bonchev–Trinajstić information content (AvgIpc) is 2.45. The molecule has 0 radical (unpaired) electrons. The number of aromatic nitrogens is 4. The maximum Gasteiger partial charge on any atom is 0.220 e. The number of anilines is 2. The van der Waals surface area contributed by atoms with Crippen molar-refractivity contribution in [1.82, 2.24) is 19.9 Å². The fraction of sp³-hybridized carbons (Fsp3) is 0.538. The number of rotatable bonds is 6. The summed E-state index contributed by atoms with van der Waals surface area (Å²) in [7, 11) is 0. The number of fused-ring (bicyclic) bond motifs is 1. The second-order valence-corrected chi connectivity index (χ2v) is 4.89. The number of hydrogen-bond acceptors (Lipinski definition) is 7. The molecule has 2 rings (SSSR count). The van der Waals surface area contributed by atoms with E-state index < -0.39 is 6.23 Å². The van der Waals surface area contributed by atoms with Crippen molar-refractivity contribution in [3.63, 3.8) is 0 Å². The van der Waals surface area contributed by atoms with Crippen molar-refractivity contribution in [2.24, 2.45) is 5.92 Å². The first-order chi connectivity index (χ1) is 9.61. The second-order valence-electron chi connectivity index (χ2n) is 4.89. The first-order valence-corrected chi connectivity index (χ1v) is 6.79. The van der Waals surface area contributed by atoms with Gasteiger partial charge in [0.2, 0.25) is 5.95 Å². The predicted octanol–water partition coefficient (Wildman–Crippen LogP) is 1.56. The molecule has 0 aliphatic rings. The Labute approximate surface area is 117 Å². The highest BCUT2D eigenvalue weighted by atomic mass is 16.3. The summed E-state index contributed by atoms with van der Waals surface area (Å²) in [6, 6.07) is 0. The van der Waals surface area contributed by atoms with E-state index in [1.54, 1.807) is 0 Å². The minimum Gasteiger partial charge on any atom is -0.373 e. The maximum absolute atomic E-state index is 10.2. The molecule has 0 saturated carbocycles. The number of nitrogens with two attached hydrogens (primary N) is 1. The molecule has 0 aliphatic heterocycles. The van der Waals surface area contributed by atoms with Gasteiger partial charge in [-0.2, -0.15) is 0 Å². The lowest BCUT2D eigenvalue weighted by atomic mass is 10.0. The van der Waals surface area contributed by atoms with Gasteiger partial charge in [-0.15, -0.1) is 0 Å². The number of nitrogens with one attached hydrogen (secondary N) is 1. The van der Waals surface area contributed by atoms with Gasteiger partial charge in [0, 0.05) is 5.92 Å². The van der Waals surface area contributed by atoms with Crippen LogP contribution in [0.25, 0.3) is 11.0 Å². The minimum absolute atomic E-state index is 0.124. The van der Waals surface area contributed by atoms with Crippen LogP contribution >= 0.6 is 0 Å². The smallest absolute Gasteiger partial charge is 0.220 e. The van der Waals surface area contributed by atoms with Gasteiger partial charge in [-0.3, -0.25) is 0 Å². The van der Waals surface area contributed by atoms with E-state index in [0.29, 0.717) is 16.9 Å². The van der Waals surface area contributed by atoms with Crippen LogP contribution < -0.4 is 11.1 Å². The molecule has 0 spiro atoms. The normalized spacial score (nSPS) is 14.2. The van der Waals surface area contributed by atoms with Crippen molar-refractivity contribution in [2.45, 2.75) is 39.3 Å². The highest BCUT2D eigenvalue weighted by Crippen LogP contribution is 2.20. The molecule has 0 fully saturated rings. The summed E-state index contributed by atoms with van der Waals surface area (Å²) in [5, 5.41) is 13.2. The standard InChI is InChI=1S/C13H20N6O/c1-3-4-5-8(2)12(20)19-11-10-9(16-7-17-11)6-15-13(14)18-10/h6-8,12,20H,3-5H2,1-2H3,(H2,14,15,18)(H,16,17,19). The summed E-state index contributed by atoms with van der Waals surface area (Å²) in [5.41, 5.74) is 6.68. The van der Waals surface area contributed by atoms with Crippen LogP contribution in [0.4, 0.5) is 11.8 Å². The van der Waals surface area contributed by atoms with Gasteiger partial charge in [-0.1, -0.05) is 26.7 Å². The van der Waals surface area contributed by atoms with Crippen LogP contribution in [0.15, 0.2) is 12.5 Å². The molecular weight excluding hydrogens is 256 g/mol. The van der Waals surface area contributed by atoms with Crippen molar-refractivity contribution in [3.05, 3.63) is 12.5 Å². The summed E-state index contributed by atoms with van der Waals surface area (Å²) >= 11 is 0. The third kappa shape index (κ3) is 3.30. The zero-order valence-corrected chi connectivity index (χ0v) is 11.7. The Morgan fingerprint density at radius 2 is 2.15 bits per heavy atom. The van der Waals surface area contributed by atoms with Crippen LogP contribution in [0.5, 0.6) is 0 Å². The van der Waals surface area contributed by atoms with E-state index >= 15 is 0 Å². The molecule has 0 saturated heterocycles. The topological polar surface area (TPSA) is 110 Å². The monoisotopic (exact) mass is 276 g/mol. The third-order valence-electron chi connectivity index (χ3n) is 3.23. The van der Waals surface area contributed by atoms with Gasteiger partial charge in [0.25, 0.3) is 0 Å². The first kappa shape index (κ1) is 14.4. The maximum atomic E-state index is 10.2. The second kappa shape index (κ2) is 6.42. The lowest BCUT2D eigenvalue weighted by Gasteiger charge is -2.20. The SMILES string of the molecule is CCCCC(C)C(O)Nc1ncnc2cnc(N)nc12. The van der Waals surface area contributed by atoms with Gasteiger partial charge in [0.15, 0.2) is 5.82 Å². The third-order valence-corrected chi connectivity index (χ3v) is 3.23. The van der Waals surface area contributed by atoms with Crippen molar-refractivity contribution < 1.29 is 5.11 Å². The van der Waals surface area contributed by atoms with Crippen LogP contribution in [-0.4, -0.2) is 31.3 Å². The molecule has 0 aromatic carbocycles. The van der Waals surface area contributed by atoms with Crippen LogP contribution in [0.3, 0.4) is 0 Å². The Hall–Kier alpha value is -2.02. The lowest BCUT2D eigenvalue weighted by molar-refractivity contribution is 0.136. The van der Waals surface area contributed by atoms with Gasteiger partial charge in [-0.05, 0) is 6.42 Å². The number of hydrogen-bond donors (Lipinski definition) is 3. The molecule has 2 unspecified atom stereocenters. The van der Waals surface area contributed by atoms with Gasteiger partial charge < -0.3 is 16.2 Å². The van der Waals surface area contributed by atoms with E-state index in [2.05, 4.69) is 32.2 Å². The summed E-state index contributed by atoms with van der Waals surface area (Å²) in [4.78, 5) is 16.2.